The lowest BCUT2D eigenvalue weighted by Gasteiger charge is -2.47. The van der Waals surface area contributed by atoms with E-state index in [1.807, 2.05) is 36.4 Å². The first kappa shape index (κ1) is 75.9. The number of ether oxygens (including phenoxy) is 12. The molecule has 1 aliphatic carbocycles. The van der Waals surface area contributed by atoms with E-state index in [1.165, 1.54) is 5.69 Å². The highest BCUT2D eigenvalue weighted by molar-refractivity contribution is 7.99. The maximum Gasteiger partial charge on any atom is 0.187 e. The van der Waals surface area contributed by atoms with Crippen LogP contribution in [-0.4, -0.2) is 320 Å². The third kappa shape index (κ3) is 20.1. The molecule has 22 N–H and O–H groups in total. The van der Waals surface area contributed by atoms with E-state index in [0.29, 0.717) is 109 Å². The van der Waals surface area contributed by atoms with E-state index in [0.717, 1.165) is 76.8 Å². The van der Waals surface area contributed by atoms with Crippen LogP contribution < -0.4 is 54.7 Å². The number of aliphatic hydroxyl groups is 6. The van der Waals surface area contributed by atoms with Crippen LogP contribution >= 0.6 is 24.0 Å². The van der Waals surface area contributed by atoms with Crippen LogP contribution in [0.4, 0.5) is 5.69 Å². The third-order valence-corrected chi connectivity index (χ3v) is 19.3. The summed E-state index contributed by atoms with van der Waals surface area (Å²) in [7, 11) is 2.17. The highest BCUT2D eigenvalue weighted by Gasteiger charge is 2.54. The maximum atomic E-state index is 11.8. The van der Waals surface area contributed by atoms with E-state index >= 15 is 0 Å². The van der Waals surface area contributed by atoms with Gasteiger partial charge in [0, 0.05) is 87.0 Å². The van der Waals surface area contributed by atoms with E-state index in [-0.39, 0.29) is 19.5 Å². The molecule has 98 heavy (non-hydrogen) atoms. The molecule has 0 amide bonds. The summed E-state index contributed by atoms with van der Waals surface area (Å²) in [6.07, 6.45) is -19.0. The SMILES string of the molecule is CN1CCN(c2ccc3nc(-c4ccc5nc(-c6ccc(OCCOCCOCCOCCOCCOCCNC(=S)NCCSCC[C@H]7O[C@@H](O[C@H]8[C@H](O)[C@@H](N)C[C@@H](N)[C@@H]8O[C@H]8O[C@H](CN)[C@@H](O)[C@H](O)[C@H]8N)[C@H](O)[C@@H]7O[C@@H]7O[C@H](CN)[C@H](O)[C@@H](O)[C@@H]7N)cc6)[nH]c5c4)[nH]c3c2)CC1. The number of fused-ring (bicyclic) bond motifs is 2. The van der Waals surface area contributed by atoms with Gasteiger partial charge in [0.15, 0.2) is 24.0 Å². The smallest absolute Gasteiger partial charge is 0.187 e. The predicted octanol–water partition coefficient (Wildman–Crippen LogP) is -3.30. The molecule has 1 saturated carbocycles. The summed E-state index contributed by atoms with van der Waals surface area (Å²) >= 11 is 7.02. The number of aliphatic hydroxyl groups excluding tert-OH is 6. The number of thiocarbonyl (C=S) groups is 1. The van der Waals surface area contributed by atoms with Crippen molar-refractivity contribution < 1.29 is 87.5 Å². The van der Waals surface area contributed by atoms with Gasteiger partial charge in [-0.3, -0.25) is 0 Å². The van der Waals surface area contributed by atoms with Crippen LogP contribution in [0.1, 0.15) is 12.8 Å². The van der Waals surface area contributed by atoms with Crippen LogP contribution in [0, 0.1) is 0 Å². The Morgan fingerprint density at radius 2 is 1.06 bits per heavy atom. The van der Waals surface area contributed by atoms with Gasteiger partial charge < -0.3 is 152 Å². The van der Waals surface area contributed by atoms with Gasteiger partial charge in [0.05, 0.1) is 112 Å². The Morgan fingerprint density at radius 1 is 0.551 bits per heavy atom. The zero-order valence-electron chi connectivity index (χ0n) is 55.2. The van der Waals surface area contributed by atoms with Gasteiger partial charge in [0.2, 0.25) is 0 Å². The third-order valence-electron chi connectivity index (χ3n) is 18.0. The molecule has 2 aromatic heterocycles. The van der Waals surface area contributed by atoms with Crippen molar-refractivity contribution >= 4 is 56.8 Å². The Bertz CT molecular complexity index is 3200. The topological polar surface area (TPSA) is 476 Å². The Morgan fingerprint density at radius 3 is 1.66 bits per heavy atom. The minimum absolute atomic E-state index is 0.0864. The summed E-state index contributed by atoms with van der Waals surface area (Å²) in [6.45, 7) is 9.38. The van der Waals surface area contributed by atoms with Crippen molar-refractivity contribution in [1.29, 1.82) is 0 Å². The standard InChI is InChI=1S/C64H100N14O18S2/c1-77-13-15-78(16-14-77)37-5-9-42-44(31-37)76-60(74-42)36-4-8-41-43(30-36)75-59(73-41)35-2-6-38(7-3-35)90-27-26-89-25-24-88-23-22-87-21-20-86-19-18-85-17-11-71-64(97)72-12-29-98-28-10-45-57(95-62-49(70)54(83)52(81)47(34-66)93-62)55(84)63(91-45)96-58-50(79)39(67)32-40(68)56(58)94-61-48(69)53(82)51(80)46(33-65)92-61/h2-9,30-31,39-40,45-58,61-63,79-84H,10-29,32-34,65-70H2,1H3,(H,73,75)(H,74,76)(H2,71,72,97)/t39-,40+,45+,46+,47+,48+,49-,50+,51+,52-,53+,54-,55+,56-,57+,58-,61+,62-,63-/m0/s1. The number of H-pyrrole nitrogens is 2. The number of imidazole rings is 2. The zero-order valence-corrected chi connectivity index (χ0v) is 56.8. The van der Waals surface area contributed by atoms with Crippen molar-refractivity contribution in [3.63, 3.8) is 0 Å². The molecule has 5 fully saturated rings. The van der Waals surface area contributed by atoms with Crippen LogP contribution in [0.2, 0.25) is 0 Å². The fraction of sp³-hybridized carbons (Fsp3) is 0.672. The van der Waals surface area contributed by atoms with E-state index in [1.54, 1.807) is 11.8 Å². The molecule has 19 atom stereocenters. The van der Waals surface area contributed by atoms with Gasteiger partial charge in [-0.25, -0.2) is 9.97 Å². The lowest BCUT2D eigenvalue weighted by atomic mass is 9.84. The minimum atomic E-state index is -1.54. The Balaban J connectivity index is 0.536. The van der Waals surface area contributed by atoms with Crippen molar-refractivity contribution in [1.82, 2.24) is 35.5 Å². The van der Waals surface area contributed by atoms with Crippen LogP contribution in [-0.2, 0) is 52.1 Å². The number of rotatable bonds is 36. The lowest BCUT2D eigenvalue weighted by Crippen LogP contribution is -2.68. The van der Waals surface area contributed by atoms with Gasteiger partial charge in [0.1, 0.15) is 85.0 Å². The second-order valence-electron chi connectivity index (χ2n) is 25.0. The second kappa shape index (κ2) is 37.5. The number of benzene rings is 3. The van der Waals surface area contributed by atoms with Gasteiger partial charge >= 0.3 is 0 Å². The number of anilines is 1. The van der Waals surface area contributed by atoms with Gasteiger partial charge in [-0.15, -0.1) is 0 Å². The number of hydrogen-bond acceptors (Lipinski definition) is 30. The van der Waals surface area contributed by atoms with Gasteiger partial charge in [-0.1, -0.05) is 0 Å². The van der Waals surface area contributed by atoms with Gasteiger partial charge in [-0.2, -0.15) is 11.8 Å². The Hall–Kier alpha value is -4.72. The molecule has 3 aromatic carbocycles. The van der Waals surface area contributed by atoms with Gasteiger partial charge in [-0.05, 0) is 98.5 Å². The highest BCUT2D eigenvalue weighted by Crippen LogP contribution is 2.37. The summed E-state index contributed by atoms with van der Waals surface area (Å²) < 4.78 is 70.8. The number of aromatic nitrogens is 4. The number of thioether (sulfide) groups is 1. The monoisotopic (exact) mass is 1420 g/mol. The number of hydrogen-bond donors (Lipinski definition) is 16. The molecular formula is C64H100N14O18S2. The molecule has 4 saturated heterocycles. The number of nitrogens with two attached hydrogens (primary N) is 6. The number of nitrogens with zero attached hydrogens (tertiary/aromatic N) is 4. The van der Waals surface area contributed by atoms with Crippen molar-refractivity contribution in [2.45, 2.75) is 129 Å². The number of nitrogens with one attached hydrogen (secondary N) is 4. The minimum Gasteiger partial charge on any atom is -0.491 e. The molecule has 546 valence electrons. The van der Waals surface area contributed by atoms with E-state index in [9.17, 15) is 30.6 Å². The summed E-state index contributed by atoms with van der Waals surface area (Å²) in [5.74, 6) is 3.46. The number of aromatic amines is 2. The second-order valence-corrected chi connectivity index (χ2v) is 26.6. The molecule has 5 aromatic rings. The predicted molar refractivity (Wildman–Crippen MR) is 368 cm³/mol. The van der Waals surface area contributed by atoms with Crippen molar-refractivity contribution in [3.05, 3.63) is 60.7 Å². The van der Waals surface area contributed by atoms with Crippen LogP contribution in [0.15, 0.2) is 60.7 Å². The van der Waals surface area contributed by atoms with Crippen molar-refractivity contribution in [3.8, 4) is 28.5 Å². The molecule has 10 rings (SSSR count). The van der Waals surface area contributed by atoms with Crippen LogP contribution in [0.5, 0.6) is 5.75 Å². The summed E-state index contributed by atoms with van der Waals surface area (Å²) in [5.41, 5.74) is 43.8. The first-order valence-electron chi connectivity index (χ1n) is 33.6. The molecule has 0 bridgehead atoms. The normalized spacial score (nSPS) is 30.9. The molecule has 34 heteroatoms. The molecular weight excluding hydrogens is 1320 g/mol. The summed E-state index contributed by atoms with van der Waals surface area (Å²) in [5, 5.41) is 72.3. The van der Waals surface area contributed by atoms with Crippen LogP contribution in [0.3, 0.4) is 0 Å². The summed E-state index contributed by atoms with van der Waals surface area (Å²) in [4.78, 5) is 21.5. The zero-order chi connectivity index (χ0) is 69.2. The fourth-order valence-corrected chi connectivity index (χ4v) is 13.3. The summed E-state index contributed by atoms with van der Waals surface area (Å²) in [6, 6.07) is 16.2. The first-order chi connectivity index (χ1) is 47.5. The number of piperazine rings is 1. The van der Waals surface area contributed by atoms with Crippen molar-refractivity contribution in [2.24, 2.45) is 34.4 Å². The largest absolute Gasteiger partial charge is 0.491 e. The molecule has 32 nitrogen and oxygen atoms in total. The number of likely N-dealkylation sites (N-methyl/N-ethyl adjacent to an activating group) is 1. The molecule has 0 radical (unpaired) electrons. The van der Waals surface area contributed by atoms with Gasteiger partial charge in [0.25, 0.3) is 0 Å². The van der Waals surface area contributed by atoms with E-state index in [2.05, 4.69) is 61.7 Å². The lowest BCUT2D eigenvalue weighted by molar-refractivity contribution is -0.306. The van der Waals surface area contributed by atoms with E-state index < -0.39 is 116 Å². The first-order valence-corrected chi connectivity index (χ1v) is 35.1. The molecule has 6 heterocycles. The van der Waals surface area contributed by atoms with Crippen LogP contribution in [0.25, 0.3) is 44.8 Å². The average molecular weight is 1420 g/mol. The molecule has 4 aliphatic heterocycles. The Labute approximate surface area is 578 Å². The molecule has 5 aliphatic rings. The van der Waals surface area contributed by atoms with E-state index in [4.69, 9.17) is 113 Å². The fourth-order valence-electron chi connectivity index (χ4n) is 12.3. The molecule has 0 spiro atoms. The maximum absolute atomic E-state index is 11.8. The molecule has 0 unspecified atom stereocenters. The Kier molecular flexibility index (Phi) is 29.0. The average Bonchev–Trinajstić information content (AvgIpc) is 1.09. The highest BCUT2D eigenvalue weighted by atomic mass is 32.2. The quantitative estimate of drug-likeness (QED) is 0.0138. The van der Waals surface area contributed by atoms with Crippen molar-refractivity contribution in [2.75, 3.05) is 148 Å².